The summed E-state index contributed by atoms with van der Waals surface area (Å²) in [7, 11) is 0. The topological polar surface area (TPSA) is 17.3 Å². The van der Waals surface area contributed by atoms with Gasteiger partial charge in [0.1, 0.15) is 0 Å². The minimum Gasteiger partial charge on any atom is -0.289 e. The van der Waals surface area contributed by atoms with Gasteiger partial charge in [-0.05, 0) is 24.3 Å². The maximum atomic E-state index is 4.83. The zero-order valence-corrected chi connectivity index (χ0v) is 14.0. The molecule has 0 bridgehead atoms. The first-order chi connectivity index (χ1) is 10.6. The Labute approximate surface area is 135 Å². The van der Waals surface area contributed by atoms with Gasteiger partial charge in [0.05, 0.1) is 5.69 Å². The van der Waals surface area contributed by atoms with Gasteiger partial charge in [-0.2, -0.15) is 0 Å². The van der Waals surface area contributed by atoms with Crippen LogP contribution in [0.1, 0.15) is 26.5 Å². The molecule has 0 spiro atoms. The number of rotatable bonds is 2. The lowest BCUT2D eigenvalue weighted by molar-refractivity contribution is 0.553. The van der Waals surface area contributed by atoms with Crippen LogP contribution in [-0.2, 0) is 5.41 Å². The number of hydrogen-bond donors (Lipinski definition) is 0. The predicted molar refractivity (Wildman–Crippen MR) is 94.0 cm³/mol. The van der Waals surface area contributed by atoms with Crippen LogP contribution in [0.25, 0.3) is 5.69 Å². The molecule has 0 aliphatic heterocycles. The Balaban J connectivity index is 2.25. The zero-order chi connectivity index (χ0) is 15.6. The highest BCUT2D eigenvalue weighted by atomic mass is 32.1. The van der Waals surface area contributed by atoms with E-state index >= 15 is 0 Å². The molecule has 0 saturated carbocycles. The molecule has 0 aliphatic carbocycles. The number of aromatic nitrogens is 1. The maximum Gasteiger partial charge on any atom is 0.194 e. The molecule has 3 rings (SSSR count). The van der Waals surface area contributed by atoms with Crippen molar-refractivity contribution in [3.63, 3.8) is 0 Å². The molecule has 3 aromatic rings. The second kappa shape index (κ2) is 5.93. The van der Waals surface area contributed by atoms with Crippen molar-refractivity contribution in [1.82, 2.24) is 4.57 Å². The third-order valence-corrected chi connectivity index (χ3v) is 4.30. The Hall–Kier alpha value is -2.13. The summed E-state index contributed by atoms with van der Waals surface area (Å²) in [5, 5.41) is 2.22. The lowest BCUT2D eigenvalue weighted by Gasteiger charge is -2.21. The molecule has 0 N–H and O–H groups in total. The first-order valence-corrected chi connectivity index (χ1v) is 8.30. The highest BCUT2D eigenvalue weighted by Gasteiger charge is 2.20. The van der Waals surface area contributed by atoms with Crippen LogP contribution in [0.5, 0.6) is 0 Å². The van der Waals surface area contributed by atoms with Gasteiger partial charge in [-0.1, -0.05) is 57.2 Å². The molecule has 22 heavy (non-hydrogen) atoms. The molecule has 0 amide bonds. The predicted octanol–water partition coefficient (Wildman–Crippen LogP) is 5.07. The van der Waals surface area contributed by atoms with Crippen molar-refractivity contribution in [2.45, 2.75) is 26.2 Å². The number of para-hydroxylation sites is 2. The quantitative estimate of drug-likeness (QED) is 0.629. The van der Waals surface area contributed by atoms with Crippen LogP contribution in [0.3, 0.4) is 0 Å². The van der Waals surface area contributed by atoms with Crippen molar-refractivity contribution in [2.75, 3.05) is 0 Å². The molecule has 2 aromatic carbocycles. The molecular formula is C19H20N2S. The van der Waals surface area contributed by atoms with Gasteiger partial charge in [0, 0.05) is 22.2 Å². The molecule has 112 valence electrons. The molecule has 0 radical (unpaired) electrons. The van der Waals surface area contributed by atoms with Crippen LogP contribution in [0, 0.1) is 0 Å². The van der Waals surface area contributed by atoms with Crippen LogP contribution in [-0.4, -0.2) is 4.57 Å². The smallest absolute Gasteiger partial charge is 0.194 e. The van der Waals surface area contributed by atoms with Crippen molar-refractivity contribution in [2.24, 2.45) is 4.99 Å². The molecular weight excluding hydrogens is 288 g/mol. The molecule has 1 heterocycles. The Morgan fingerprint density at radius 1 is 0.864 bits per heavy atom. The normalized spacial score (nSPS) is 12.6. The molecule has 0 atom stereocenters. The fourth-order valence-electron chi connectivity index (χ4n) is 2.35. The van der Waals surface area contributed by atoms with E-state index in [2.05, 4.69) is 55.0 Å². The van der Waals surface area contributed by atoms with E-state index in [-0.39, 0.29) is 5.41 Å². The van der Waals surface area contributed by atoms with Gasteiger partial charge < -0.3 is 0 Å². The summed E-state index contributed by atoms with van der Waals surface area (Å²) in [4.78, 5) is 5.84. The van der Waals surface area contributed by atoms with Crippen molar-refractivity contribution < 1.29 is 0 Å². The van der Waals surface area contributed by atoms with E-state index in [0.29, 0.717) is 0 Å². The van der Waals surface area contributed by atoms with Crippen LogP contribution in [0.15, 0.2) is 71.0 Å². The second-order valence-electron chi connectivity index (χ2n) is 6.27. The Morgan fingerprint density at radius 2 is 1.45 bits per heavy atom. The van der Waals surface area contributed by atoms with E-state index in [1.807, 2.05) is 36.4 Å². The number of hydrogen-bond acceptors (Lipinski definition) is 2. The average molecular weight is 308 g/mol. The summed E-state index contributed by atoms with van der Waals surface area (Å²) >= 11 is 1.69. The largest absolute Gasteiger partial charge is 0.289 e. The van der Waals surface area contributed by atoms with Gasteiger partial charge in [-0.25, -0.2) is 4.99 Å². The average Bonchev–Trinajstić information content (AvgIpc) is 2.93. The second-order valence-corrected chi connectivity index (χ2v) is 7.11. The molecule has 0 unspecified atom stereocenters. The van der Waals surface area contributed by atoms with Gasteiger partial charge in [-0.3, -0.25) is 4.57 Å². The van der Waals surface area contributed by atoms with E-state index in [1.165, 1.54) is 5.69 Å². The fourth-order valence-corrected chi connectivity index (χ4v) is 3.49. The highest BCUT2D eigenvalue weighted by molar-refractivity contribution is 7.07. The van der Waals surface area contributed by atoms with Gasteiger partial charge in [0.15, 0.2) is 4.80 Å². The van der Waals surface area contributed by atoms with E-state index in [4.69, 9.17) is 4.99 Å². The Bertz CT molecular complexity index is 806. The van der Waals surface area contributed by atoms with Crippen molar-refractivity contribution >= 4 is 17.0 Å². The van der Waals surface area contributed by atoms with E-state index in [1.54, 1.807) is 11.3 Å². The summed E-state index contributed by atoms with van der Waals surface area (Å²) in [6.07, 6.45) is 0. The molecule has 0 saturated heterocycles. The standard InChI is InChI=1S/C19H20N2S/c1-19(2,3)17-14-22-18(20-15-10-6-4-7-11-15)21(17)16-12-8-5-9-13-16/h4-14H,1-3H3. The van der Waals surface area contributed by atoms with Gasteiger partial charge in [0.25, 0.3) is 0 Å². The first-order valence-electron chi connectivity index (χ1n) is 7.42. The number of nitrogens with zero attached hydrogens (tertiary/aromatic N) is 2. The monoisotopic (exact) mass is 308 g/mol. The lowest BCUT2D eigenvalue weighted by atomic mass is 9.93. The van der Waals surface area contributed by atoms with Crippen molar-refractivity contribution in [3.8, 4) is 5.69 Å². The molecule has 1 aromatic heterocycles. The van der Waals surface area contributed by atoms with Crippen LogP contribution in [0.2, 0.25) is 0 Å². The van der Waals surface area contributed by atoms with Gasteiger partial charge in [-0.15, -0.1) is 11.3 Å². The Morgan fingerprint density at radius 3 is 2.05 bits per heavy atom. The summed E-state index contributed by atoms with van der Waals surface area (Å²) < 4.78 is 2.26. The van der Waals surface area contributed by atoms with E-state index in [0.717, 1.165) is 16.2 Å². The van der Waals surface area contributed by atoms with Crippen molar-refractivity contribution in [3.05, 3.63) is 76.5 Å². The summed E-state index contributed by atoms with van der Waals surface area (Å²) in [5.41, 5.74) is 3.48. The van der Waals surface area contributed by atoms with E-state index < -0.39 is 0 Å². The van der Waals surface area contributed by atoms with Gasteiger partial charge in [0.2, 0.25) is 0 Å². The third kappa shape index (κ3) is 3.04. The first kappa shape index (κ1) is 14.8. The van der Waals surface area contributed by atoms with Crippen LogP contribution >= 0.6 is 11.3 Å². The minimum atomic E-state index is 0.0663. The third-order valence-electron chi connectivity index (χ3n) is 3.47. The maximum absolute atomic E-state index is 4.83. The van der Waals surface area contributed by atoms with Crippen LogP contribution < -0.4 is 4.80 Å². The minimum absolute atomic E-state index is 0.0663. The SMILES string of the molecule is CC(C)(C)c1csc(=Nc2ccccc2)n1-c1ccccc1. The van der Waals surface area contributed by atoms with Crippen molar-refractivity contribution in [1.29, 1.82) is 0 Å². The molecule has 2 nitrogen and oxygen atoms in total. The zero-order valence-electron chi connectivity index (χ0n) is 13.2. The fraction of sp³-hybridized carbons (Fsp3) is 0.211. The highest BCUT2D eigenvalue weighted by Crippen LogP contribution is 2.25. The summed E-state index contributed by atoms with van der Waals surface area (Å²) in [5.74, 6) is 0. The Kier molecular flexibility index (Phi) is 3.99. The summed E-state index contributed by atoms with van der Waals surface area (Å²) in [6, 6.07) is 20.6. The summed E-state index contributed by atoms with van der Waals surface area (Å²) in [6.45, 7) is 6.71. The van der Waals surface area contributed by atoms with Crippen LogP contribution in [0.4, 0.5) is 5.69 Å². The van der Waals surface area contributed by atoms with Gasteiger partial charge >= 0.3 is 0 Å². The molecule has 0 fully saturated rings. The number of benzene rings is 2. The molecule has 0 aliphatic rings. The number of thiazole rings is 1. The lowest BCUT2D eigenvalue weighted by Crippen LogP contribution is -2.23. The van der Waals surface area contributed by atoms with E-state index in [9.17, 15) is 0 Å². The molecule has 3 heteroatoms.